The number of hydrogen-bond acceptors (Lipinski definition) is 4. The molecule has 0 amide bonds. The Hall–Kier alpha value is -0.0000000000000000416. The van der Waals surface area contributed by atoms with E-state index in [0.29, 0.717) is 17.9 Å². The van der Waals surface area contributed by atoms with Crippen molar-refractivity contribution in [2.24, 2.45) is 0 Å². The van der Waals surface area contributed by atoms with Crippen molar-refractivity contribution in [3.8, 4) is 0 Å². The number of ether oxygens (including phenoxy) is 1. The second kappa shape index (κ2) is 5.61. The van der Waals surface area contributed by atoms with Gasteiger partial charge in [-0.2, -0.15) is 0 Å². The van der Waals surface area contributed by atoms with Gasteiger partial charge in [-0.15, -0.1) is 0 Å². The van der Waals surface area contributed by atoms with Gasteiger partial charge in [0.1, 0.15) is 0 Å². The highest BCUT2D eigenvalue weighted by molar-refractivity contribution is 7.80. The topological polar surface area (TPSA) is 76.0 Å². The Labute approximate surface area is 75.9 Å². The van der Waals surface area contributed by atoms with Crippen molar-refractivity contribution in [3.05, 3.63) is 0 Å². The third-order valence-electron chi connectivity index (χ3n) is 1.01. The van der Waals surface area contributed by atoms with E-state index in [-0.39, 0.29) is 6.61 Å². The van der Waals surface area contributed by atoms with E-state index in [2.05, 4.69) is 9.26 Å². The van der Waals surface area contributed by atoms with Crippen LogP contribution >= 0.6 is 20.0 Å². The lowest BCUT2D eigenvalue weighted by molar-refractivity contribution is 0.195. The summed E-state index contributed by atoms with van der Waals surface area (Å²) in [6, 6.07) is 0. The van der Waals surface area contributed by atoms with Gasteiger partial charge in [0.05, 0.1) is 13.7 Å². The summed E-state index contributed by atoms with van der Waals surface area (Å²) in [4.78, 5) is 16.5. The number of methoxy groups -OCH3 is 1. The lowest BCUT2D eigenvalue weighted by Gasteiger charge is -2.04. The molecule has 72 valence electrons. The standard InChI is InChI=1S/C5H11O5PS/c1-9-5(12)3-2-4-10-11(6,7)8/h2-4H2,1H3,(H2,6,7,8). The Morgan fingerprint density at radius 2 is 2.17 bits per heavy atom. The summed E-state index contributed by atoms with van der Waals surface area (Å²) in [5.74, 6) is 0. The van der Waals surface area contributed by atoms with Crippen molar-refractivity contribution in [1.82, 2.24) is 0 Å². The molecule has 0 aliphatic heterocycles. The van der Waals surface area contributed by atoms with Gasteiger partial charge in [-0.05, 0) is 18.6 Å². The highest BCUT2D eigenvalue weighted by Crippen LogP contribution is 2.35. The van der Waals surface area contributed by atoms with Crippen LogP contribution in [0, 0.1) is 0 Å². The molecule has 0 rings (SSSR count). The third kappa shape index (κ3) is 8.10. The molecule has 7 heteroatoms. The summed E-state index contributed by atoms with van der Waals surface area (Å²) in [7, 11) is -2.87. The molecule has 0 heterocycles. The molecule has 5 nitrogen and oxygen atoms in total. The molecular formula is C5H11O5PS. The Bertz CT molecular complexity index is 188. The minimum absolute atomic E-state index is 0.0201. The molecule has 0 aromatic rings. The summed E-state index contributed by atoms with van der Waals surface area (Å²) in [5, 5.41) is 0.407. The maximum atomic E-state index is 10.2. The predicted molar refractivity (Wildman–Crippen MR) is 46.8 cm³/mol. The molecule has 0 saturated carbocycles. The van der Waals surface area contributed by atoms with Gasteiger partial charge in [0.25, 0.3) is 0 Å². The van der Waals surface area contributed by atoms with Crippen molar-refractivity contribution in [1.29, 1.82) is 0 Å². The molecule has 12 heavy (non-hydrogen) atoms. The Morgan fingerprint density at radius 1 is 1.58 bits per heavy atom. The monoisotopic (exact) mass is 214 g/mol. The van der Waals surface area contributed by atoms with Gasteiger partial charge in [-0.25, -0.2) is 4.57 Å². The molecule has 0 aromatic carbocycles. The van der Waals surface area contributed by atoms with Crippen LogP contribution in [0.2, 0.25) is 0 Å². The minimum atomic E-state index is -4.32. The van der Waals surface area contributed by atoms with Gasteiger partial charge in [-0.3, -0.25) is 4.52 Å². The van der Waals surface area contributed by atoms with Gasteiger partial charge in [-0.1, -0.05) is 0 Å². The molecule has 0 unspecified atom stereocenters. The highest BCUT2D eigenvalue weighted by Gasteiger charge is 2.12. The Kier molecular flexibility index (Phi) is 5.61. The molecule has 0 atom stereocenters. The number of phosphoric acid groups is 1. The van der Waals surface area contributed by atoms with E-state index in [4.69, 9.17) is 22.0 Å². The van der Waals surface area contributed by atoms with E-state index >= 15 is 0 Å². The highest BCUT2D eigenvalue weighted by atomic mass is 32.1. The fourth-order valence-corrected chi connectivity index (χ4v) is 1.01. The second-order valence-corrected chi connectivity index (χ2v) is 3.70. The van der Waals surface area contributed by atoms with Crippen LogP contribution in [0.1, 0.15) is 12.8 Å². The van der Waals surface area contributed by atoms with E-state index in [0.717, 1.165) is 0 Å². The van der Waals surface area contributed by atoms with Gasteiger partial charge in [0.2, 0.25) is 0 Å². The molecule has 0 aliphatic rings. The summed E-state index contributed by atoms with van der Waals surface area (Å²) >= 11 is 4.69. The van der Waals surface area contributed by atoms with E-state index in [9.17, 15) is 4.57 Å². The molecule has 0 saturated heterocycles. The fraction of sp³-hybridized carbons (Fsp3) is 0.800. The molecule has 0 bridgehead atoms. The lowest BCUT2D eigenvalue weighted by atomic mass is 10.3. The van der Waals surface area contributed by atoms with Crippen molar-refractivity contribution in [2.45, 2.75) is 12.8 Å². The first-order chi connectivity index (χ1) is 5.45. The van der Waals surface area contributed by atoms with Gasteiger partial charge < -0.3 is 14.5 Å². The minimum Gasteiger partial charge on any atom is -0.490 e. The second-order valence-electron chi connectivity index (χ2n) is 2.00. The SMILES string of the molecule is COC(=S)CCCOP(=O)(O)O. The molecular weight excluding hydrogens is 203 g/mol. The number of phosphoric ester groups is 1. The number of hydrogen-bond donors (Lipinski definition) is 2. The van der Waals surface area contributed by atoms with E-state index in [1.54, 1.807) is 0 Å². The lowest BCUT2D eigenvalue weighted by Crippen LogP contribution is -2.00. The van der Waals surface area contributed by atoms with Crippen LogP contribution in [0.25, 0.3) is 0 Å². The van der Waals surface area contributed by atoms with E-state index in [1.165, 1.54) is 7.11 Å². The smallest absolute Gasteiger partial charge is 0.469 e. The van der Waals surface area contributed by atoms with Gasteiger partial charge in [0, 0.05) is 6.42 Å². The van der Waals surface area contributed by atoms with Crippen molar-refractivity contribution in [3.63, 3.8) is 0 Å². The third-order valence-corrected chi connectivity index (χ3v) is 1.90. The first kappa shape index (κ1) is 12.0. The molecule has 0 aromatic heterocycles. The summed E-state index contributed by atoms with van der Waals surface area (Å²) in [6.07, 6.45) is 0.906. The normalized spacial score (nSPS) is 11.2. The zero-order chi connectivity index (χ0) is 9.61. The fourth-order valence-electron chi connectivity index (χ4n) is 0.502. The van der Waals surface area contributed by atoms with Crippen molar-refractivity contribution in [2.75, 3.05) is 13.7 Å². The average Bonchev–Trinajstić information content (AvgIpc) is 1.96. The van der Waals surface area contributed by atoms with Gasteiger partial charge in [0.15, 0.2) is 5.05 Å². The predicted octanol–water partition coefficient (Wildman–Crippen LogP) is 0.850. The molecule has 0 spiro atoms. The number of thiocarbonyl (C=S) groups is 1. The zero-order valence-electron chi connectivity index (χ0n) is 6.60. The van der Waals surface area contributed by atoms with Crippen molar-refractivity contribution >= 4 is 25.1 Å². The van der Waals surface area contributed by atoms with Crippen LogP contribution in [0.15, 0.2) is 0 Å². The van der Waals surface area contributed by atoms with Crippen LogP contribution in [-0.2, 0) is 13.8 Å². The summed E-state index contributed by atoms with van der Waals surface area (Å²) in [6.45, 7) is -0.0201. The first-order valence-electron chi connectivity index (χ1n) is 3.22. The first-order valence-corrected chi connectivity index (χ1v) is 5.16. The van der Waals surface area contributed by atoms with Gasteiger partial charge >= 0.3 is 7.82 Å². The van der Waals surface area contributed by atoms with Crippen LogP contribution in [0.3, 0.4) is 0 Å². The quantitative estimate of drug-likeness (QED) is 0.401. The molecule has 2 N–H and O–H groups in total. The Balaban J connectivity index is 3.34. The van der Waals surface area contributed by atoms with Crippen LogP contribution < -0.4 is 0 Å². The summed E-state index contributed by atoms with van der Waals surface area (Å²) < 4.78 is 19.0. The maximum absolute atomic E-state index is 10.2. The zero-order valence-corrected chi connectivity index (χ0v) is 8.31. The van der Waals surface area contributed by atoms with Crippen LogP contribution in [-0.4, -0.2) is 28.6 Å². The van der Waals surface area contributed by atoms with E-state index < -0.39 is 7.82 Å². The van der Waals surface area contributed by atoms with E-state index in [1.807, 2.05) is 0 Å². The van der Waals surface area contributed by atoms with Crippen molar-refractivity contribution < 1.29 is 23.6 Å². The summed E-state index contributed by atoms with van der Waals surface area (Å²) in [5.41, 5.74) is 0. The number of rotatable bonds is 5. The van der Waals surface area contributed by atoms with Crippen LogP contribution in [0.5, 0.6) is 0 Å². The van der Waals surface area contributed by atoms with Crippen LogP contribution in [0.4, 0.5) is 0 Å². The molecule has 0 fully saturated rings. The average molecular weight is 214 g/mol. The molecule has 0 aliphatic carbocycles. The molecule has 0 radical (unpaired) electrons. The largest absolute Gasteiger partial charge is 0.490 e. The Morgan fingerprint density at radius 3 is 2.58 bits per heavy atom. The maximum Gasteiger partial charge on any atom is 0.469 e.